The normalized spacial score (nSPS) is 13.0. The van der Waals surface area contributed by atoms with Crippen LogP contribution in [0.1, 0.15) is 22.3 Å². The van der Waals surface area contributed by atoms with Crippen LogP contribution in [-0.2, 0) is 5.41 Å². The summed E-state index contributed by atoms with van der Waals surface area (Å²) in [5.74, 6) is 0.690. The van der Waals surface area contributed by atoms with Crippen molar-refractivity contribution in [2.75, 3.05) is 0 Å². The van der Waals surface area contributed by atoms with E-state index in [4.69, 9.17) is 9.97 Å². The fraction of sp³-hybridized carbons (Fsp3) is 0.0154. The van der Waals surface area contributed by atoms with E-state index in [0.717, 1.165) is 61.5 Å². The quantitative estimate of drug-likeness (QED) is 0.173. The Morgan fingerprint density at radius 1 is 0.290 bits per heavy atom. The van der Waals surface area contributed by atoms with Crippen molar-refractivity contribution in [3.8, 4) is 67.5 Å². The number of hydrogen-bond donors (Lipinski definition) is 0. The molecule has 69 heavy (non-hydrogen) atoms. The monoisotopic (exact) mass is 876 g/mol. The second kappa shape index (κ2) is 14.4. The van der Waals surface area contributed by atoms with Crippen molar-refractivity contribution in [1.82, 2.24) is 19.1 Å². The molecule has 0 saturated heterocycles. The molecule has 3 heterocycles. The zero-order valence-electron chi connectivity index (χ0n) is 37.4. The molecule has 1 spiro atoms. The van der Waals surface area contributed by atoms with Crippen LogP contribution in [0.3, 0.4) is 0 Å². The Bertz CT molecular complexity index is 3980. The molecule has 3 aromatic heterocycles. The summed E-state index contributed by atoms with van der Waals surface area (Å²) in [6.07, 6.45) is 0. The van der Waals surface area contributed by atoms with E-state index in [2.05, 4.69) is 252 Å². The first-order valence-corrected chi connectivity index (χ1v) is 23.7. The summed E-state index contributed by atoms with van der Waals surface area (Å²) in [4.78, 5) is 11.3. The molecule has 4 heteroatoms. The zero-order valence-corrected chi connectivity index (χ0v) is 37.4. The summed E-state index contributed by atoms with van der Waals surface area (Å²) in [5, 5.41) is 4.87. The molecule has 0 aliphatic heterocycles. The molecule has 0 atom stereocenters. The number of aromatic nitrogens is 4. The van der Waals surface area contributed by atoms with Crippen molar-refractivity contribution in [2.24, 2.45) is 0 Å². The van der Waals surface area contributed by atoms with Gasteiger partial charge in [-0.05, 0) is 93.0 Å². The van der Waals surface area contributed by atoms with Crippen molar-refractivity contribution in [2.45, 2.75) is 5.41 Å². The first kappa shape index (κ1) is 38.0. The molecule has 2 aliphatic rings. The lowest BCUT2D eigenvalue weighted by Crippen LogP contribution is -2.25. The number of para-hydroxylation sites is 4. The first-order chi connectivity index (χ1) is 34.2. The third kappa shape index (κ3) is 5.28. The average Bonchev–Trinajstić information content (AvgIpc) is 4.13. The predicted octanol–water partition coefficient (Wildman–Crippen LogP) is 16.0. The number of rotatable bonds is 5. The molecule has 0 saturated carbocycles. The summed E-state index contributed by atoms with van der Waals surface area (Å²) in [5.41, 5.74) is 21.1. The highest BCUT2D eigenvalue weighted by atomic mass is 15.0. The fourth-order valence-corrected chi connectivity index (χ4v) is 12.2. The second-order valence-electron chi connectivity index (χ2n) is 18.4. The van der Waals surface area contributed by atoms with Gasteiger partial charge in [0.25, 0.3) is 0 Å². The maximum Gasteiger partial charge on any atom is 0.161 e. The van der Waals surface area contributed by atoms with Gasteiger partial charge >= 0.3 is 0 Å². The Morgan fingerprint density at radius 3 is 1.20 bits per heavy atom. The van der Waals surface area contributed by atoms with Crippen LogP contribution in [0.4, 0.5) is 0 Å². The number of hydrogen-bond acceptors (Lipinski definition) is 2. The Labute approximate surface area is 398 Å². The van der Waals surface area contributed by atoms with Crippen molar-refractivity contribution < 1.29 is 0 Å². The smallest absolute Gasteiger partial charge is 0.161 e. The summed E-state index contributed by atoms with van der Waals surface area (Å²) in [7, 11) is 0. The minimum Gasteiger partial charge on any atom is -0.309 e. The van der Waals surface area contributed by atoms with Gasteiger partial charge in [0, 0.05) is 49.6 Å². The van der Waals surface area contributed by atoms with Crippen LogP contribution in [0.2, 0.25) is 0 Å². The topological polar surface area (TPSA) is 35.6 Å². The van der Waals surface area contributed by atoms with Crippen LogP contribution >= 0.6 is 0 Å². The van der Waals surface area contributed by atoms with E-state index < -0.39 is 5.41 Å². The van der Waals surface area contributed by atoms with Crippen molar-refractivity contribution >= 4 is 43.6 Å². The van der Waals surface area contributed by atoms with E-state index in [9.17, 15) is 0 Å². The molecule has 10 aromatic carbocycles. The molecular weight excluding hydrogens is 837 g/mol. The highest BCUT2D eigenvalue weighted by Crippen LogP contribution is 2.64. The second-order valence-corrected chi connectivity index (χ2v) is 18.4. The van der Waals surface area contributed by atoms with E-state index in [0.29, 0.717) is 5.82 Å². The number of nitrogens with zero attached hydrogens (tertiary/aromatic N) is 4. The largest absolute Gasteiger partial charge is 0.309 e. The molecular formula is C65H40N4. The lowest BCUT2D eigenvalue weighted by atomic mass is 9.70. The minimum atomic E-state index is -0.483. The fourth-order valence-electron chi connectivity index (χ4n) is 12.2. The van der Waals surface area contributed by atoms with Crippen LogP contribution in [0.25, 0.3) is 111 Å². The molecule has 0 unspecified atom stereocenters. The molecule has 320 valence electrons. The molecule has 0 amide bonds. The third-order valence-corrected chi connectivity index (χ3v) is 14.9. The molecule has 0 fully saturated rings. The molecule has 13 aromatic rings. The number of fused-ring (bicyclic) bond motifs is 16. The van der Waals surface area contributed by atoms with Gasteiger partial charge in [-0.3, -0.25) is 0 Å². The maximum absolute atomic E-state index is 5.72. The molecule has 2 aliphatic carbocycles. The van der Waals surface area contributed by atoms with Crippen LogP contribution in [-0.4, -0.2) is 19.1 Å². The van der Waals surface area contributed by atoms with Gasteiger partial charge in [-0.1, -0.05) is 194 Å². The van der Waals surface area contributed by atoms with E-state index in [1.54, 1.807) is 0 Å². The Balaban J connectivity index is 1.03. The van der Waals surface area contributed by atoms with Gasteiger partial charge in [0.2, 0.25) is 0 Å². The van der Waals surface area contributed by atoms with Crippen LogP contribution < -0.4 is 0 Å². The van der Waals surface area contributed by atoms with E-state index in [-0.39, 0.29) is 0 Å². The van der Waals surface area contributed by atoms with Crippen molar-refractivity contribution in [3.63, 3.8) is 0 Å². The highest BCUT2D eigenvalue weighted by molar-refractivity contribution is 6.11. The van der Waals surface area contributed by atoms with E-state index >= 15 is 0 Å². The van der Waals surface area contributed by atoms with Crippen LogP contribution in [0.5, 0.6) is 0 Å². The standard InChI is InChI=1S/C65H40N4/c1-2-19-41(20-3-1)57-40-58(67-64(66-57)52-28-18-32-56-63(52)51-27-6-13-31-55(51)65(56)53-29-11-4-21-45(53)46-22-5-12-30-54(46)65)42-37-43(68-59-33-14-7-23-47(59)48-24-8-15-34-60(48)68)39-44(38-42)69-61-35-16-9-25-49(61)50-26-10-17-36-62(50)69/h1-40H. The Morgan fingerprint density at radius 2 is 0.681 bits per heavy atom. The van der Waals surface area contributed by atoms with Crippen molar-refractivity contribution in [1.29, 1.82) is 0 Å². The molecule has 0 bridgehead atoms. The van der Waals surface area contributed by atoms with Gasteiger partial charge in [0.1, 0.15) is 0 Å². The highest BCUT2D eigenvalue weighted by Gasteiger charge is 2.52. The van der Waals surface area contributed by atoms with Gasteiger partial charge < -0.3 is 9.13 Å². The Kier molecular flexibility index (Phi) is 7.96. The van der Waals surface area contributed by atoms with Gasteiger partial charge in [0.05, 0.1) is 38.9 Å². The average molecular weight is 877 g/mol. The van der Waals surface area contributed by atoms with Crippen molar-refractivity contribution in [3.05, 3.63) is 265 Å². The third-order valence-electron chi connectivity index (χ3n) is 14.9. The summed E-state index contributed by atoms with van der Waals surface area (Å²) >= 11 is 0. The van der Waals surface area contributed by atoms with Gasteiger partial charge in [-0.2, -0.15) is 0 Å². The predicted molar refractivity (Wildman–Crippen MR) is 283 cm³/mol. The number of benzene rings is 10. The first-order valence-electron chi connectivity index (χ1n) is 23.7. The molecule has 0 N–H and O–H groups in total. The van der Waals surface area contributed by atoms with E-state index in [1.807, 2.05) is 0 Å². The van der Waals surface area contributed by atoms with Gasteiger partial charge in [-0.15, -0.1) is 0 Å². The minimum absolute atomic E-state index is 0.483. The molecule has 15 rings (SSSR count). The lowest BCUT2D eigenvalue weighted by Gasteiger charge is -2.30. The van der Waals surface area contributed by atoms with Gasteiger partial charge in [0.15, 0.2) is 5.82 Å². The SMILES string of the molecule is c1ccc(-c2cc(-c3cc(-n4c5ccccc5c5ccccc54)cc(-n4c5ccccc5c5ccccc54)c3)nc(-c3cccc4c3-c3ccccc3C43c4ccccc4-c4ccccc43)n2)cc1. The van der Waals surface area contributed by atoms with Crippen LogP contribution in [0.15, 0.2) is 243 Å². The summed E-state index contributed by atoms with van der Waals surface area (Å²) in [6, 6.07) is 88.5. The summed E-state index contributed by atoms with van der Waals surface area (Å²) < 4.78 is 4.84. The lowest BCUT2D eigenvalue weighted by molar-refractivity contribution is 0.794. The molecule has 0 radical (unpaired) electrons. The maximum atomic E-state index is 5.72. The zero-order chi connectivity index (χ0) is 45.2. The van der Waals surface area contributed by atoms with Crippen LogP contribution in [0, 0.1) is 0 Å². The van der Waals surface area contributed by atoms with Gasteiger partial charge in [-0.25, -0.2) is 9.97 Å². The molecule has 4 nitrogen and oxygen atoms in total. The summed E-state index contributed by atoms with van der Waals surface area (Å²) in [6.45, 7) is 0. The van der Waals surface area contributed by atoms with E-state index in [1.165, 1.54) is 66.1 Å². The Hall–Kier alpha value is -9.12.